The maximum atomic E-state index is 12.0. The number of anilines is 1. The molecule has 0 aliphatic carbocycles. The van der Waals surface area contributed by atoms with Crippen LogP contribution in [0, 0.1) is 0 Å². The number of oxime groups is 1. The van der Waals surface area contributed by atoms with Crippen molar-refractivity contribution in [2.75, 3.05) is 25.5 Å². The molecule has 1 fully saturated rings. The van der Waals surface area contributed by atoms with Gasteiger partial charge in [0.2, 0.25) is 0 Å². The third-order valence-corrected chi connectivity index (χ3v) is 3.24. The zero-order valence-electron chi connectivity index (χ0n) is 11.3. The van der Waals surface area contributed by atoms with Gasteiger partial charge in [-0.1, -0.05) is 5.16 Å². The number of likely N-dealkylation sites (tertiary alicyclic amines) is 1. The van der Waals surface area contributed by atoms with Crippen LogP contribution in [0.5, 0.6) is 5.75 Å². The van der Waals surface area contributed by atoms with E-state index in [4.69, 9.17) is 15.7 Å². The third-order valence-electron chi connectivity index (χ3n) is 3.24. The second-order valence-electron chi connectivity index (χ2n) is 4.52. The van der Waals surface area contributed by atoms with Gasteiger partial charge in [-0.25, -0.2) is 4.79 Å². The van der Waals surface area contributed by atoms with Gasteiger partial charge in [-0.3, -0.25) is 0 Å². The fourth-order valence-corrected chi connectivity index (χ4v) is 2.13. The summed E-state index contributed by atoms with van der Waals surface area (Å²) in [5.41, 5.74) is 6.59. The van der Waals surface area contributed by atoms with Gasteiger partial charge in [0.05, 0.1) is 12.8 Å². The minimum atomic E-state index is -0.141. The SMILES string of the molecule is COc1cc(/C(N)=N/O)ccc1NC(=O)N1CCCC1. The summed E-state index contributed by atoms with van der Waals surface area (Å²) in [6, 6.07) is 4.78. The van der Waals surface area contributed by atoms with Crippen molar-refractivity contribution in [1.29, 1.82) is 0 Å². The minimum Gasteiger partial charge on any atom is -0.495 e. The zero-order valence-corrected chi connectivity index (χ0v) is 11.3. The number of nitrogens with zero attached hydrogens (tertiary/aromatic N) is 2. The molecule has 0 bridgehead atoms. The number of benzene rings is 1. The number of hydrogen-bond acceptors (Lipinski definition) is 4. The largest absolute Gasteiger partial charge is 0.495 e. The molecule has 0 unspecified atom stereocenters. The van der Waals surface area contributed by atoms with Crippen LogP contribution in [0.25, 0.3) is 0 Å². The molecule has 1 aliphatic rings. The number of rotatable bonds is 3. The van der Waals surface area contributed by atoms with E-state index in [1.165, 1.54) is 7.11 Å². The van der Waals surface area contributed by atoms with Crippen molar-refractivity contribution in [3.63, 3.8) is 0 Å². The van der Waals surface area contributed by atoms with Crippen LogP contribution >= 0.6 is 0 Å². The quantitative estimate of drug-likeness (QED) is 0.337. The Kier molecular flexibility index (Phi) is 4.29. The lowest BCUT2D eigenvalue weighted by atomic mass is 10.1. The number of carbonyl (C=O) groups is 1. The lowest BCUT2D eigenvalue weighted by molar-refractivity contribution is 0.222. The van der Waals surface area contributed by atoms with Crippen LogP contribution in [0.15, 0.2) is 23.4 Å². The van der Waals surface area contributed by atoms with E-state index in [-0.39, 0.29) is 11.9 Å². The Bertz CT molecular complexity index is 524. The first kappa shape index (κ1) is 14.0. The summed E-state index contributed by atoms with van der Waals surface area (Å²) < 4.78 is 5.22. The number of methoxy groups -OCH3 is 1. The average molecular weight is 278 g/mol. The van der Waals surface area contributed by atoms with E-state index in [1.807, 2.05) is 0 Å². The van der Waals surface area contributed by atoms with E-state index < -0.39 is 0 Å². The first-order chi connectivity index (χ1) is 9.65. The highest BCUT2D eigenvalue weighted by atomic mass is 16.5. The molecule has 7 heteroatoms. The lowest BCUT2D eigenvalue weighted by Gasteiger charge is -2.18. The van der Waals surface area contributed by atoms with Crippen molar-refractivity contribution in [3.8, 4) is 5.75 Å². The molecular weight excluding hydrogens is 260 g/mol. The highest BCUT2D eigenvalue weighted by Gasteiger charge is 2.19. The van der Waals surface area contributed by atoms with Gasteiger partial charge in [-0.2, -0.15) is 0 Å². The summed E-state index contributed by atoms with van der Waals surface area (Å²) in [6.45, 7) is 1.55. The molecule has 0 spiro atoms. The van der Waals surface area contributed by atoms with Crippen molar-refractivity contribution in [1.82, 2.24) is 4.90 Å². The van der Waals surface area contributed by atoms with Gasteiger partial charge in [0.25, 0.3) is 0 Å². The maximum Gasteiger partial charge on any atom is 0.321 e. The molecule has 1 aliphatic heterocycles. The normalized spacial score (nSPS) is 15.2. The van der Waals surface area contributed by atoms with Gasteiger partial charge in [-0.15, -0.1) is 0 Å². The fourth-order valence-electron chi connectivity index (χ4n) is 2.13. The Balaban J connectivity index is 2.17. The highest BCUT2D eigenvalue weighted by Crippen LogP contribution is 2.26. The number of nitrogens with one attached hydrogen (secondary N) is 1. The number of nitrogens with two attached hydrogens (primary N) is 1. The summed E-state index contributed by atoms with van der Waals surface area (Å²) >= 11 is 0. The Labute approximate surface area is 117 Å². The molecule has 4 N–H and O–H groups in total. The van der Waals surface area contributed by atoms with Crippen LogP contribution < -0.4 is 15.8 Å². The second kappa shape index (κ2) is 6.14. The zero-order chi connectivity index (χ0) is 14.5. The molecule has 0 saturated carbocycles. The molecule has 108 valence electrons. The standard InChI is InChI=1S/C13H18N4O3/c1-20-11-8-9(12(14)16-19)4-5-10(11)15-13(18)17-6-2-3-7-17/h4-5,8,19H,2-3,6-7H2,1H3,(H2,14,16)(H,15,18). The van der Waals surface area contributed by atoms with Crippen molar-refractivity contribution >= 4 is 17.6 Å². The monoisotopic (exact) mass is 278 g/mol. The summed E-state index contributed by atoms with van der Waals surface area (Å²) in [5, 5.41) is 14.4. The number of carbonyl (C=O) groups excluding carboxylic acids is 1. The van der Waals surface area contributed by atoms with Crippen molar-refractivity contribution in [2.45, 2.75) is 12.8 Å². The number of amidine groups is 1. The first-order valence-electron chi connectivity index (χ1n) is 6.37. The van der Waals surface area contributed by atoms with E-state index in [0.717, 1.165) is 25.9 Å². The van der Waals surface area contributed by atoms with Crippen LogP contribution in [0.3, 0.4) is 0 Å². The maximum absolute atomic E-state index is 12.0. The van der Waals surface area contributed by atoms with E-state index in [1.54, 1.807) is 23.1 Å². The average Bonchev–Trinajstić information content (AvgIpc) is 3.01. The topological polar surface area (TPSA) is 100 Å². The molecule has 0 radical (unpaired) electrons. The molecular formula is C13H18N4O3. The number of urea groups is 1. The van der Waals surface area contributed by atoms with Crippen molar-refractivity contribution < 1.29 is 14.7 Å². The fraction of sp³-hybridized carbons (Fsp3) is 0.385. The predicted molar refractivity (Wildman–Crippen MR) is 75.3 cm³/mol. The van der Waals surface area contributed by atoms with E-state index in [0.29, 0.717) is 17.0 Å². The van der Waals surface area contributed by atoms with Gasteiger partial charge in [0.15, 0.2) is 5.84 Å². The Hall–Kier alpha value is -2.44. The molecule has 20 heavy (non-hydrogen) atoms. The molecule has 1 aromatic rings. The van der Waals surface area contributed by atoms with Crippen LogP contribution in [-0.4, -0.2) is 42.2 Å². The highest BCUT2D eigenvalue weighted by molar-refractivity contribution is 5.99. The van der Waals surface area contributed by atoms with Crippen LogP contribution in [-0.2, 0) is 0 Å². The molecule has 0 atom stereocenters. The van der Waals surface area contributed by atoms with Crippen LogP contribution in [0.4, 0.5) is 10.5 Å². The molecule has 1 aromatic carbocycles. The van der Waals surface area contributed by atoms with E-state index in [2.05, 4.69) is 10.5 Å². The molecule has 1 saturated heterocycles. The van der Waals surface area contributed by atoms with Crippen molar-refractivity contribution in [2.24, 2.45) is 10.9 Å². The minimum absolute atomic E-state index is 0.0132. The first-order valence-corrected chi connectivity index (χ1v) is 6.37. The summed E-state index contributed by atoms with van der Waals surface area (Å²) in [5.74, 6) is 0.447. The van der Waals surface area contributed by atoms with Gasteiger partial charge < -0.3 is 25.9 Å². The number of hydrogen-bond donors (Lipinski definition) is 3. The number of ether oxygens (including phenoxy) is 1. The summed E-state index contributed by atoms with van der Waals surface area (Å²) in [7, 11) is 1.50. The van der Waals surface area contributed by atoms with E-state index in [9.17, 15) is 4.79 Å². The van der Waals surface area contributed by atoms with Gasteiger partial charge in [0.1, 0.15) is 5.75 Å². The molecule has 0 aromatic heterocycles. The predicted octanol–water partition coefficient (Wildman–Crippen LogP) is 1.42. The van der Waals surface area contributed by atoms with Crippen molar-refractivity contribution in [3.05, 3.63) is 23.8 Å². The number of amides is 2. The van der Waals surface area contributed by atoms with Gasteiger partial charge in [-0.05, 0) is 31.0 Å². The molecule has 1 heterocycles. The smallest absolute Gasteiger partial charge is 0.321 e. The Morgan fingerprint density at radius 1 is 1.45 bits per heavy atom. The molecule has 7 nitrogen and oxygen atoms in total. The van der Waals surface area contributed by atoms with Crippen LogP contribution in [0.2, 0.25) is 0 Å². The second-order valence-corrected chi connectivity index (χ2v) is 4.52. The summed E-state index contributed by atoms with van der Waals surface area (Å²) in [4.78, 5) is 13.8. The summed E-state index contributed by atoms with van der Waals surface area (Å²) in [6.07, 6.45) is 2.07. The lowest BCUT2D eigenvalue weighted by Crippen LogP contribution is -2.32. The van der Waals surface area contributed by atoms with Crippen LogP contribution in [0.1, 0.15) is 18.4 Å². The van der Waals surface area contributed by atoms with Gasteiger partial charge >= 0.3 is 6.03 Å². The Morgan fingerprint density at radius 2 is 2.15 bits per heavy atom. The third kappa shape index (κ3) is 2.93. The Morgan fingerprint density at radius 3 is 2.75 bits per heavy atom. The van der Waals surface area contributed by atoms with E-state index >= 15 is 0 Å². The molecule has 2 rings (SSSR count). The van der Waals surface area contributed by atoms with Gasteiger partial charge in [0, 0.05) is 18.7 Å². The molecule has 2 amide bonds.